The summed E-state index contributed by atoms with van der Waals surface area (Å²) in [5, 5.41) is 3.13. The van der Waals surface area contributed by atoms with Crippen molar-refractivity contribution in [3.05, 3.63) is 0 Å². The van der Waals surface area contributed by atoms with Crippen molar-refractivity contribution >= 4 is 15.7 Å². The number of nitrogens with zero attached hydrogens (tertiary/aromatic N) is 1. The summed E-state index contributed by atoms with van der Waals surface area (Å²) in [5.41, 5.74) is 0. The molecule has 1 N–H and O–H groups in total. The van der Waals surface area contributed by atoms with Gasteiger partial charge in [0, 0.05) is 38.4 Å². The number of amides is 1. The van der Waals surface area contributed by atoms with Crippen LogP contribution in [0.25, 0.3) is 0 Å². The van der Waals surface area contributed by atoms with E-state index in [2.05, 4.69) is 5.32 Å². The largest absolute Gasteiger partial charge is 0.341 e. The Bertz CT molecular complexity index is 354. The zero-order valence-corrected chi connectivity index (χ0v) is 11.4. The molecule has 1 aliphatic heterocycles. The Labute approximate surface area is 103 Å². The smallest absolute Gasteiger partial charge is 0.222 e. The number of nitrogens with one attached hydrogen (secondary N) is 1. The molecule has 0 radical (unpaired) electrons. The van der Waals surface area contributed by atoms with Crippen LogP contribution in [0.1, 0.15) is 26.2 Å². The molecule has 1 aliphatic rings. The average Bonchev–Trinajstić information content (AvgIpc) is 2.18. The van der Waals surface area contributed by atoms with Gasteiger partial charge in [-0.15, -0.1) is 0 Å². The average molecular weight is 262 g/mol. The Hall–Kier alpha value is -0.620. The van der Waals surface area contributed by atoms with Crippen molar-refractivity contribution in [3.63, 3.8) is 0 Å². The summed E-state index contributed by atoms with van der Waals surface area (Å²) in [4.78, 5) is 13.4. The lowest BCUT2D eigenvalue weighted by molar-refractivity contribution is -0.133. The molecule has 17 heavy (non-hydrogen) atoms. The first-order valence-electron chi connectivity index (χ1n) is 6.07. The molecule has 0 aromatic rings. The minimum atomic E-state index is -2.93. The molecule has 0 spiro atoms. The van der Waals surface area contributed by atoms with Gasteiger partial charge >= 0.3 is 0 Å². The van der Waals surface area contributed by atoms with Crippen LogP contribution in [0.15, 0.2) is 0 Å². The monoisotopic (exact) mass is 262 g/mol. The van der Waals surface area contributed by atoms with Gasteiger partial charge in [0.05, 0.1) is 5.75 Å². The fourth-order valence-electron chi connectivity index (χ4n) is 2.06. The minimum Gasteiger partial charge on any atom is -0.341 e. The third-order valence-corrected chi connectivity index (χ3v) is 3.95. The van der Waals surface area contributed by atoms with Gasteiger partial charge in [0.2, 0.25) is 5.91 Å². The highest BCUT2D eigenvalue weighted by molar-refractivity contribution is 7.90. The summed E-state index contributed by atoms with van der Waals surface area (Å²) < 4.78 is 22.1. The van der Waals surface area contributed by atoms with E-state index in [-0.39, 0.29) is 17.7 Å². The minimum absolute atomic E-state index is 0.0649. The van der Waals surface area contributed by atoms with Crippen molar-refractivity contribution in [2.24, 2.45) is 0 Å². The van der Waals surface area contributed by atoms with Crippen LogP contribution in [0, 0.1) is 0 Å². The van der Waals surface area contributed by atoms with E-state index in [1.165, 1.54) is 6.26 Å². The maximum absolute atomic E-state index is 11.5. The maximum Gasteiger partial charge on any atom is 0.222 e. The lowest BCUT2D eigenvalue weighted by Gasteiger charge is -2.27. The molecular weight excluding hydrogens is 240 g/mol. The molecule has 0 aliphatic carbocycles. The van der Waals surface area contributed by atoms with E-state index in [1.54, 1.807) is 0 Å². The van der Waals surface area contributed by atoms with Crippen LogP contribution in [0.5, 0.6) is 0 Å². The van der Waals surface area contributed by atoms with Crippen LogP contribution in [0.3, 0.4) is 0 Å². The molecule has 0 unspecified atom stereocenters. The van der Waals surface area contributed by atoms with Gasteiger partial charge < -0.3 is 10.2 Å². The third kappa shape index (κ3) is 6.02. The zero-order chi connectivity index (χ0) is 12.9. The summed E-state index contributed by atoms with van der Waals surface area (Å²) in [7, 11) is -2.93. The predicted octanol–water partition coefficient (Wildman–Crippen LogP) is 0.0216. The van der Waals surface area contributed by atoms with E-state index in [9.17, 15) is 13.2 Å². The van der Waals surface area contributed by atoms with E-state index >= 15 is 0 Å². The van der Waals surface area contributed by atoms with Crippen LogP contribution in [-0.2, 0) is 14.6 Å². The first-order valence-corrected chi connectivity index (χ1v) is 8.13. The van der Waals surface area contributed by atoms with E-state index in [0.717, 1.165) is 19.4 Å². The number of carbonyl (C=O) groups is 1. The number of likely N-dealkylation sites (tertiary alicyclic amines) is 1. The van der Waals surface area contributed by atoms with Crippen molar-refractivity contribution in [1.82, 2.24) is 10.2 Å². The Kier molecular flexibility index (Phi) is 5.39. The molecule has 0 aromatic heterocycles. The van der Waals surface area contributed by atoms with Crippen molar-refractivity contribution in [2.75, 3.05) is 31.6 Å². The molecule has 0 bridgehead atoms. The summed E-state index contributed by atoms with van der Waals surface area (Å²) in [5.74, 6) is 0.356. The fraction of sp³-hybridized carbons (Fsp3) is 0.909. The van der Waals surface area contributed by atoms with Crippen LogP contribution >= 0.6 is 0 Å². The van der Waals surface area contributed by atoms with Gasteiger partial charge in [-0.05, 0) is 19.8 Å². The molecule has 1 fully saturated rings. The lowest BCUT2D eigenvalue weighted by Crippen LogP contribution is -2.42. The molecule has 1 rings (SSSR count). The summed E-state index contributed by atoms with van der Waals surface area (Å²) in [6.45, 7) is 4.01. The first kappa shape index (κ1) is 14.4. The molecular formula is C11H22N2O3S. The van der Waals surface area contributed by atoms with Gasteiger partial charge in [-0.1, -0.05) is 0 Å². The highest BCUT2D eigenvalue weighted by atomic mass is 32.2. The van der Waals surface area contributed by atoms with E-state index < -0.39 is 9.84 Å². The van der Waals surface area contributed by atoms with E-state index in [1.807, 2.05) is 11.8 Å². The van der Waals surface area contributed by atoms with E-state index in [0.29, 0.717) is 19.5 Å². The normalized spacial score (nSPS) is 19.4. The maximum atomic E-state index is 11.5. The van der Waals surface area contributed by atoms with Crippen LogP contribution < -0.4 is 5.32 Å². The van der Waals surface area contributed by atoms with Gasteiger partial charge in [0.25, 0.3) is 0 Å². The van der Waals surface area contributed by atoms with Crippen molar-refractivity contribution < 1.29 is 13.2 Å². The van der Waals surface area contributed by atoms with Gasteiger partial charge in [-0.25, -0.2) is 8.42 Å². The number of carbonyl (C=O) groups excluding carboxylic acids is 1. The van der Waals surface area contributed by atoms with Gasteiger partial charge in [0.1, 0.15) is 9.84 Å². The van der Waals surface area contributed by atoms with Crippen molar-refractivity contribution in [1.29, 1.82) is 0 Å². The highest BCUT2D eigenvalue weighted by Crippen LogP contribution is 2.09. The highest BCUT2D eigenvalue weighted by Gasteiger charge is 2.17. The standard InChI is InChI=1S/C11H22N2O3S/c1-10(9-17(2,15)16)12-6-8-13-7-4-3-5-11(13)14/h10,12H,3-9H2,1-2H3/t10-/m1/s1. The molecule has 6 heteroatoms. The van der Waals surface area contributed by atoms with Crippen molar-refractivity contribution in [3.8, 4) is 0 Å². The molecule has 5 nitrogen and oxygen atoms in total. The van der Waals surface area contributed by atoms with Crippen LogP contribution in [0.4, 0.5) is 0 Å². The second-order valence-electron chi connectivity index (χ2n) is 4.79. The van der Waals surface area contributed by atoms with Crippen molar-refractivity contribution in [2.45, 2.75) is 32.2 Å². The Morgan fingerprint density at radius 1 is 1.41 bits per heavy atom. The summed E-state index contributed by atoms with van der Waals surface area (Å²) >= 11 is 0. The quantitative estimate of drug-likeness (QED) is 0.733. The predicted molar refractivity (Wildman–Crippen MR) is 67.6 cm³/mol. The molecule has 100 valence electrons. The molecule has 1 atom stereocenters. The molecule has 0 saturated carbocycles. The van der Waals surface area contributed by atoms with Gasteiger partial charge in [-0.3, -0.25) is 4.79 Å². The summed E-state index contributed by atoms with van der Waals surface area (Å²) in [6.07, 6.45) is 3.95. The van der Waals surface area contributed by atoms with Gasteiger partial charge in [0.15, 0.2) is 0 Å². The third-order valence-electron chi connectivity index (χ3n) is 2.85. The number of piperidine rings is 1. The second kappa shape index (κ2) is 6.35. The molecule has 1 amide bonds. The lowest BCUT2D eigenvalue weighted by atomic mass is 10.1. The number of sulfone groups is 1. The Morgan fingerprint density at radius 3 is 2.71 bits per heavy atom. The SMILES string of the molecule is C[C@H](CS(C)(=O)=O)NCCN1CCCCC1=O. The summed E-state index contributed by atoms with van der Waals surface area (Å²) in [6, 6.07) is -0.0649. The number of hydrogen-bond donors (Lipinski definition) is 1. The topological polar surface area (TPSA) is 66.5 Å². The van der Waals surface area contributed by atoms with E-state index in [4.69, 9.17) is 0 Å². The van der Waals surface area contributed by atoms with Gasteiger partial charge in [-0.2, -0.15) is 0 Å². The van der Waals surface area contributed by atoms with Crippen LogP contribution in [0.2, 0.25) is 0 Å². The first-order chi connectivity index (χ1) is 7.88. The number of hydrogen-bond acceptors (Lipinski definition) is 4. The molecule has 0 aromatic carbocycles. The number of rotatable bonds is 6. The Morgan fingerprint density at radius 2 is 2.12 bits per heavy atom. The molecule has 1 heterocycles. The fourth-order valence-corrected chi connectivity index (χ4v) is 3.08. The van der Waals surface area contributed by atoms with Crippen LogP contribution in [-0.4, -0.2) is 56.9 Å². The zero-order valence-electron chi connectivity index (χ0n) is 10.6. The second-order valence-corrected chi connectivity index (χ2v) is 6.97. The molecule has 1 saturated heterocycles. The Balaban J connectivity index is 2.20.